The number of hydrogen-bond acceptors (Lipinski definition) is 7. The van der Waals surface area contributed by atoms with E-state index in [9.17, 15) is 17.6 Å². The number of thiazole rings is 1. The molecule has 1 unspecified atom stereocenters. The number of anilines is 1. The Labute approximate surface area is 195 Å². The highest BCUT2D eigenvalue weighted by Crippen LogP contribution is 2.35. The molecule has 1 fully saturated rings. The molecule has 0 radical (unpaired) electrons. The van der Waals surface area contributed by atoms with E-state index in [2.05, 4.69) is 10.3 Å². The average Bonchev–Trinajstić information content (AvgIpc) is 3.49. The van der Waals surface area contributed by atoms with Crippen molar-refractivity contribution < 1.29 is 27.1 Å². The second-order valence-electron chi connectivity index (χ2n) is 7.32. The van der Waals surface area contributed by atoms with Crippen molar-refractivity contribution in [2.75, 3.05) is 26.1 Å². The Kier molecular flexibility index (Phi) is 6.63. The van der Waals surface area contributed by atoms with Crippen molar-refractivity contribution in [3.63, 3.8) is 0 Å². The van der Waals surface area contributed by atoms with Crippen LogP contribution in [0.15, 0.2) is 52.7 Å². The van der Waals surface area contributed by atoms with Gasteiger partial charge in [-0.25, -0.2) is 17.8 Å². The van der Waals surface area contributed by atoms with Crippen LogP contribution >= 0.6 is 11.3 Å². The van der Waals surface area contributed by atoms with Crippen LogP contribution in [0.4, 0.5) is 9.52 Å². The zero-order chi connectivity index (χ0) is 23.6. The van der Waals surface area contributed by atoms with E-state index in [-0.39, 0.29) is 11.4 Å². The van der Waals surface area contributed by atoms with E-state index < -0.39 is 27.8 Å². The summed E-state index contributed by atoms with van der Waals surface area (Å²) in [5.41, 5.74) is 1.34. The minimum Gasteiger partial charge on any atom is -0.497 e. The van der Waals surface area contributed by atoms with Crippen molar-refractivity contribution in [3.8, 4) is 22.8 Å². The number of carbonyl (C=O) groups is 1. The summed E-state index contributed by atoms with van der Waals surface area (Å²) in [7, 11) is -0.827. The first-order chi connectivity index (χ1) is 15.8. The van der Waals surface area contributed by atoms with E-state index in [1.165, 1.54) is 23.5 Å². The number of halogens is 1. The van der Waals surface area contributed by atoms with Gasteiger partial charge in [0.25, 0.3) is 0 Å². The molecule has 4 rings (SSSR count). The number of hydrogen-bond donors (Lipinski definition) is 1. The maximum absolute atomic E-state index is 13.2. The molecule has 1 aromatic heterocycles. The maximum Gasteiger partial charge on any atom is 0.244 e. The van der Waals surface area contributed by atoms with E-state index in [1.54, 1.807) is 31.7 Å². The maximum atomic E-state index is 13.2. The van der Waals surface area contributed by atoms with E-state index >= 15 is 0 Å². The van der Waals surface area contributed by atoms with Crippen molar-refractivity contribution in [1.29, 1.82) is 0 Å². The predicted octanol–water partition coefficient (Wildman–Crippen LogP) is 3.76. The Morgan fingerprint density at radius 3 is 2.64 bits per heavy atom. The number of rotatable bonds is 7. The summed E-state index contributed by atoms with van der Waals surface area (Å²) >= 11 is 1.23. The van der Waals surface area contributed by atoms with Gasteiger partial charge in [0, 0.05) is 23.6 Å². The topological polar surface area (TPSA) is 97.8 Å². The van der Waals surface area contributed by atoms with Gasteiger partial charge >= 0.3 is 0 Å². The van der Waals surface area contributed by atoms with Crippen LogP contribution < -0.4 is 14.8 Å². The standard InChI is InChI=1S/C22H22FN3O5S2/c1-30-15-7-10-17(20(12-15)31-2)18-13-32-22(24-18)25-21(27)19-4-3-11-26(19)33(28,29)16-8-5-14(23)6-9-16/h5-10,12-13,19H,3-4,11H2,1-2H3,(H,24,25,27). The van der Waals surface area contributed by atoms with Crippen LogP contribution in [0, 0.1) is 5.82 Å². The zero-order valence-electron chi connectivity index (χ0n) is 17.9. The van der Waals surface area contributed by atoms with Crippen molar-refractivity contribution in [3.05, 3.63) is 53.7 Å². The van der Waals surface area contributed by atoms with Crippen LogP contribution in [0.5, 0.6) is 11.5 Å². The molecule has 1 amide bonds. The summed E-state index contributed by atoms with van der Waals surface area (Å²) in [5, 5.41) is 4.86. The second kappa shape index (κ2) is 9.46. The van der Waals surface area contributed by atoms with Gasteiger partial charge < -0.3 is 14.8 Å². The Morgan fingerprint density at radius 1 is 1.18 bits per heavy atom. The molecule has 1 atom stereocenters. The lowest BCUT2D eigenvalue weighted by molar-refractivity contribution is -0.119. The molecule has 2 heterocycles. The number of ether oxygens (including phenoxy) is 2. The van der Waals surface area contributed by atoms with Gasteiger partial charge in [0.2, 0.25) is 15.9 Å². The fraction of sp³-hybridized carbons (Fsp3) is 0.273. The normalized spacial score (nSPS) is 16.5. The smallest absolute Gasteiger partial charge is 0.244 e. The van der Waals surface area contributed by atoms with Gasteiger partial charge in [0.1, 0.15) is 23.4 Å². The molecule has 1 N–H and O–H groups in total. The molecule has 11 heteroatoms. The minimum atomic E-state index is -3.93. The predicted molar refractivity (Wildman–Crippen MR) is 123 cm³/mol. The van der Waals surface area contributed by atoms with Gasteiger partial charge in [0.05, 0.1) is 24.8 Å². The van der Waals surface area contributed by atoms with Crippen LogP contribution in [0.25, 0.3) is 11.3 Å². The number of nitrogens with one attached hydrogen (secondary N) is 1. The summed E-state index contributed by atoms with van der Waals surface area (Å²) in [5.74, 6) is 0.228. The molecule has 0 bridgehead atoms. The summed E-state index contributed by atoms with van der Waals surface area (Å²) in [6, 6.07) is 9.04. The Hall–Kier alpha value is -3.02. The molecule has 33 heavy (non-hydrogen) atoms. The summed E-state index contributed by atoms with van der Waals surface area (Å²) in [4.78, 5) is 17.4. The van der Waals surface area contributed by atoms with Crippen LogP contribution in [-0.4, -0.2) is 50.4 Å². The molecular weight excluding hydrogens is 469 g/mol. The lowest BCUT2D eigenvalue weighted by Gasteiger charge is -2.23. The van der Waals surface area contributed by atoms with Crippen LogP contribution in [0.2, 0.25) is 0 Å². The highest BCUT2D eigenvalue weighted by Gasteiger charge is 2.39. The van der Waals surface area contributed by atoms with E-state index in [0.29, 0.717) is 35.2 Å². The van der Waals surface area contributed by atoms with E-state index in [0.717, 1.165) is 22.0 Å². The van der Waals surface area contributed by atoms with Crippen LogP contribution in [0.1, 0.15) is 12.8 Å². The Bertz CT molecular complexity index is 1260. The monoisotopic (exact) mass is 491 g/mol. The second-order valence-corrected chi connectivity index (χ2v) is 10.1. The summed E-state index contributed by atoms with van der Waals surface area (Å²) < 4.78 is 51.0. The fourth-order valence-electron chi connectivity index (χ4n) is 3.69. The number of benzene rings is 2. The highest BCUT2D eigenvalue weighted by atomic mass is 32.2. The molecule has 0 aliphatic carbocycles. The number of nitrogens with zero attached hydrogens (tertiary/aromatic N) is 2. The first-order valence-corrected chi connectivity index (χ1v) is 12.4. The number of aromatic nitrogens is 1. The average molecular weight is 492 g/mol. The number of sulfonamides is 1. The van der Waals surface area contributed by atoms with Crippen molar-refractivity contribution in [2.24, 2.45) is 0 Å². The molecule has 1 aliphatic heterocycles. The largest absolute Gasteiger partial charge is 0.497 e. The third-order valence-corrected chi connectivity index (χ3v) is 8.03. The molecule has 1 aliphatic rings. The molecular formula is C22H22FN3O5S2. The first-order valence-electron chi connectivity index (χ1n) is 10.1. The van der Waals surface area contributed by atoms with Crippen molar-refractivity contribution in [2.45, 2.75) is 23.8 Å². The Balaban J connectivity index is 1.52. The summed E-state index contributed by atoms with van der Waals surface area (Å²) in [6.45, 7) is 0.212. The minimum absolute atomic E-state index is 0.0493. The zero-order valence-corrected chi connectivity index (χ0v) is 19.6. The molecule has 0 saturated carbocycles. The molecule has 174 valence electrons. The number of amides is 1. The lowest BCUT2D eigenvalue weighted by atomic mass is 10.1. The Morgan fingerprint density at radius 2 is 1.94 bits per heavy atom. The lowest BCUT2D eigenvalue weighted by Crippen LogP contribution is -2.43. The number of methoxy groups -OCH3 is 2. The van der Waals surface area contributed by atoms with E-state index in [4.69, 9.17) is 9.47 Å². The molecule has 2 aromatic carbocycles. The number of carbonyl (C=O) groups excluding carboxylic acids is 1. The van der Waals surface area contributed by atoms with Crippen LogP contribution in [-0.2, 0) is 14.8 Å². The highest BCUT2D eigenvalue weighted by molar-refractivity contribution is 7.89. The van der Waals surface area contributed by atoms with Crippen molar-refractivity contribution >= 4 is 32.4 Å². The first kappa shape index (κ1) is 23.1. The molecule has 1 saturated heterocycles. The van der Waals surface area contributed by atoms with Gasteiger partial charge in [0.15, 0.2) is 5.13 Å². The van der Waals surface area contributed by atoms with Crippen molar-refractivity contribution in [1.82, 2.24) is 9.29 Å². The van der Waals surface area contributed by atoms with Crippen LogP contribution in [0.3, 0.4) is 0 Å². The molecule has 8 nitrogen and oxygen atoms in total. The third-order valence-electron chi connectivity index (χ3n) is 5.35. The fourth-order valence-corrected chi connectivity index (χ4v) is 6.06. The van der Waals surface area contributed by atoms with Gasteiger partial charge in [-0.3, -0.25) is 4.79 Å². The molecule has 3 aromatic rings. The van der Waals surface area contributed by atoms with E-state index in [1.807, 2.05) is 6.07 Å². The van der Waals surface area contributed by atoms with Gasteiger partial charge in [-0.15, -0.1) is 11.3 Å². The van der Waals surface area contributed by atoms with Gasteiger partial charge in [-0.05, 0) is 49.2 Å². The summed E-state index contributed by atoms with van der Waals surface area (Å²) in [6.07, 6.45) is 0.932. The SMILES string of the molecule is COc1ccc(-c2csc(NC(=O)C3CCCN3S(=O)(=O)c3ccc(F)cc3)n2)c(OC)c1. The third kappa shape index (κ3) is 4.70. The van der Waals surface area contributed by atoms with Gasteiger partial charge in [-0.2, -0.15) is 4.31 Å². The van der Waals surface area contributed by atoms with Gasteiger partial charge in [-0.1, -0.05) is 0 Å². The quantitative estimate of drug-likeness (QED) is 0.541. The molecule has 0 spiro atoms.